The van der Waals surface area contributed by atoms with Crippen LogP contribution in [0.2, 0.25) is 0 Å². The molecular weight excluding hydrogens is 952 g/mol. The Morgan fingerprint density at radius 1 is 0.378 bits per heavy atom. The molecule has 0 bridgehead atoms. The molecule has 0 rings (SSSR count). The zero-order valence-electron chi connectivity index (χ0n) is 47.8. The van der Waals surface area contributed by atoms with Gasteiger partial charge in [-0.2, -0.15) is 0 Å². The Bertz CT molecular complexity index is 1430. The van der Waals surface area contributed by atoms with Crippen LogP contribution in [-0.2, 0) is 42.2 Å². The Balaban J connectivity index is 4.71. The summed E-state index contributed by atoms with van der Waals surface area (Å²) in [5, 5.41) is 9.80. The molecule has 0 radical (unpaired) electrons. The second-order valence-electron chi connectivity index (χ2n) is 20.5. The first-order valence-corrected chi connectivity index (χ1v) is 32.0. The van der Waals surface area contributed by atoms with Crippen LogP contribution in [0.25, 0.3) is 0 Å². The minimum atomic E-state index is -4.75. The molecule has 0 fully saturated rings. The predicted octanol–water partition coefficient (Wildman–Crippen LogP) is 18.1. The normalized spacial score (nSPS) is 13.6. The van der Waals surface area contributed by atoms with Crippen molar-refractivity contribution < 1.29 is 52.2 Å². The van der Waals surface area contributed by atoms with Gasteiger partial charge in [0.15, 0.2) is 6.10 Å². The summed E-state index contributed by atoms with van der Waals surface area (Å²) >= 11 is 0. The number of phosphoric ester groups is 1. The van der Waals surface area contributed by atoms with E-state index in [1.54, 1.807) is 0 Å². The predicted molar refractivity (Wildman–Crippen MR) is 307 cm³/mol. The Kier molecular flexibility index (Phi) is 54.7. The number of carbonyl (C=O) groups excluding carboxylic acids is 3. The molecule has 74 heavy (non-hydrogen) atoms. The summed E-state index contributed by atoms with van der Waals surface area (Å²) in [6.07, 6.45) is 60.7. The quantitative estimate of drug-likeness (QED) is 0.0197. The number of hydrogen-bond acceptors (Lipinski definition) is 10. The van der Waals surface area contributed by atoms with E-state index in [1.807, 2.05) is 0 Å². The van der Waals surface area contributed by atoms with Crippen LogP contribution in [0.1, 0.15) is 290 Å². The Hall–Kier alpha value is -2.56. The molecule has 0 saturated carbocycles. The number of unbranched alkanes of at least 4 members (excludes halogenated alkanes) is 32. The molecule has 432 valence electrons. The van der Waals surface area contributed by atoms with Gasteiger partial charge in [-0.25, -0.2) is 4.57 Å². The van der Waals surface area contributed by atoms with Gasteiger partial charge in [0.05, 0.1) is 19.8 Å². The van der Waals surface area contributed by atoms with E-state index in [-0.39, 0.29) is 25.9 Å². The molecule has 0 aliphatic rings. The van der Waals surface area contributed by atoms with E-state index in [2.05, 4.69) is 69.4 Å². The van der Waals surface area contributed by atoms with E-state index in [4.69, 9.17) is 23.3 Å². The van der Waals surface area contributed by atoms with Crippen LogP contribution in [0.15, 0.2) is 48.6 Å². The van der Waals surface area contributed by atoms with Crippen molar-refractivity contribution in [3.63, 3.8) is 0 Å². The lowest BCUT2D eigenvalue weighted by molar-refractivity contribution is -0.161. The van der Waals surface area contributed by atoms with E-state index >= 15 is 0 Å². The maximum absolute atomic E-state index is 12.9. The second kappa shape index (κ2) is 56.6. The summed E-state index contributed by atoms with van der Waals surface area (Å²) in [5.74, 6) is -1.47. The molecule has 3 unspecified atom stereocenters. The third kappa shape index (κ3) is 54.2. The van der Waals surface area contributed by atoms with Crippen LogP contribution in [-0.4, -0.2) is 66.5 Å². The number of allylic oxidation sites excluding steroid dienone is 8. The van der Waals surface area contributed by atoms with Gasteiger partial charge in [-0.05, 0) is 96.3 Å². The SMILES string of the molecule is CCCC/C=C\CCCCCCCC(=O)OC(CO)COP(=O)(O)OCC(COC(=O)CCCCCCCCC/C=C\CCCCCCCC)OC(=O)CCCCCCCCCCC/C=C\C/C=C\CCCCC. The van der Waals surface area contributed by atoms with Crippen LogP contribution < -0.4 is 0 Å². The minimum absolute atomic E-state index is 0.163. The van der Waals surface area contributed by atoms with Crippen molar-refractivity contribution in [1.29, 1.82) is 0 Å². The number of aliphatic hydroxyl groups excluding tert-OH is 1. The van der Waals surface area contributed by atoms with Gasteiger partial charge in [0.1, 0.15) is 12.7 Å². The molecule has 12 heteroatoms. The fourth-order valence-electron chi connectivity index (χ4n) is 8.48. The summed E-state index contributed by atoms with van der Waals surface area (Å²) in [6.45, 7) is 4.59. The van der Waals surface area contributed by atoms with E-state index in [9.17, 15) is 28.9 Å². The molecule has 0 heterocycles. The Morgan fingerprint density at radius 3 is 1.08 bits per heavy atom. The molecule has 2 N–H and O–H groups in total. The lowest BCUT2D eigenvalue weighted by Crippen LogP contribution is -2.30. The Labute approximate surface area is 453 Å². The summed E-state index contributed by atoms with van der Waals surface area (Å²) < 4.78 is 39.6. The van der Waals surface area contributed by atoms with Crippen LogP contribution in [0.5, 0.6) is 0 Å². The molecule has 0 aromatic heterocycles. The largest absolute Gasteiger partial charge is 0.472 e. The molecule has 0 aliphatic heterocycles. The monoisotopic (exact) mass is 1060 g/mol. The molecule has 0 aliphatic carbocycles. The third-order valence-corrected chi connectivity index (χ3v) is 14.1. The van der Waals surface area contributed by atoms with E-state index < -0.39 is 57.8 Å². The highest BCUT2D eigenvalue weighted by molar-refractivity contribution is 7.47. The molecule has 0 saturated heterocycles. The van der Waals surface area contributed by atoms with Gasteiger partial charge in [-0.15, -0.1) is 0 Å². The maximum Gasteiger partial charge on any atom is 0.472 e. The van der Waals surface area contributed by atoms with Crippen LogP contribution in [0.3, 0.4) is 0 Å². The van der Waals surface area contributed by atoms with Crippen molar-refractivity contribution in [1.82, 2.24) is 0 Å². The van der Waals surface area contributed by atoms with Gasteiger partial charge in [0.25, 0.3) is 0 Å². The fourth-order valence-corrected chi connectivity index (χ4v) is 9.26. The number of ether oxygens (including phenoxy) is 3. The number of rotatable bonds is 57. The fraction of sp³-hybridized carbons (Fsp3) is 0.823. The smallest absolute Gasteiger partial charge is 0.462 e. The Morgan fingerprint density at radius 2 is 0.676 bits per heavy atom. The molecular formula is C62H113O11P. The van der Waals surface area contributed by atoms with Gasteiger partial charge in [0.2, 0.25) is 0 Å². The first-order valence-electron chi connectivity index (χ1n) is 30.5. The summed E-state index contributed by atoms with van der Waals surface area (Å²) in [6, 6.07) is 0. The summed E-state index contributed by atoms with van der Waals surface area (Å²) in [7, 11) is -4.75. The third-order valence-electron chi connectivity index (χ3n) is 13.2. The number of hydrogen-bond donors (Lipinski definition) is 2. The van der Waals surface area contributed by atoms with Crippen molar-refractivity contribution in [2.24, 2.45) is 0 Å². The van der Waals surface area contributed by atoms with Crippen molar-refractivity contribution in [2.45, 2.75) is 303 Å². The first-order chi connectivity index (χ1) is 36.2. The number of esters is 3. The standard InChI is InChI=1S/C62H113O11P/c1-4-7-10-13-16-19-22-24-26-28-29-31-33-35-38-41-44-47-50-53-62(66)73-59(55-69-60(64)51-48-45-42-39-37-34-32-30-27-25-23-20-17-14-11-8-5-2)57-71-74(67,68)70-56-58(54-63)72-61(65)52-49-46-43-40-36-21-18-15-12-9-6-3/h15-16,18-19,24-27,58-59,63H,4-14,17,20-23,28-57H2,1-3H3,(H,67,68)/b18-15-,19-16-,26-24-,27-25-. The van der Waals surface area contributed by atoms with Crippen LogP contribution >= 0.6 is 7.82 Å². The average molecular weight is 1070 g/mol. The minimum Gasteiger partial charge on any atom is -0.462 e. The summed E-state index contributed by atoms with van der Waals surface area (Å²) in [4.78, 5) is 48.6. The van der Waals surface area contributed by atoms with E-state index in [1.165, 1.54) is 135 Å². The highest BCUT2D eigenvalue weighted by Crippen LogP contribution is 2.43. The number of carbonyl (C=O) groups is 3. The van der Waals surface area contributed by atoms with Gasteiger partial charge in [-0.3, -0.25) is 23.4 Å². The van der Waals surface area contributed by atoms with Crippen molar-refractivity contribution in [3.8, 4) is 0 Å². The topological polar surface area (TPSA) is 155 Å². The van der Waals surface area contributed by atoms with Gasteiger partial charge >= 0.3 is 25.7 Å². The van der Waals surface area contributed by atoms with Gasteiger partial charge in [0, 0.05) is 19.3 Å². The molecule has 3 atom stereocenters. The van der Waals surface area contributed by atoms with Gasteiger partial charge < -0.3 is 24.2 Å². The molecule has 0 spiro atoms. The zero-order valence-corrected chi connectivity index (χ0v) is 48.7. The molecule has 11 nitrogen and oxygen atoms in total. The lowest BCUT2D eigenvalue weighted by atomic mass is 10.1. The average Bonchev–Trinajstić information content (AvgIpc) is 3.39. The van der Waals surface area contributed by atoms with Crippen LogP contribution in [0.4, 0.5) is 0 Å². The summed E-state index contributed by atoms with van der Waals surface area (Å²) in [5.41, 5.74) is 0. The van der Waals surface area contributed by atoms with Crippen LogP contribution in [0, 0.1) is 0 Å². The lowest BCUT2D eigenvalue weighted by Gasteiger charge is -2.21. The molecule has 0 aromatic carbocycles. The molecule has 0 amide bonds. The van der Waals surface area contributed by atoms with Crippen molar-refractivity contribution >= 4 is 25.7 Å². The van der Waals surface area contributed by atoms with Gasteiger partial charge in [-0.1, -0.05) is 223 Å². The zero-order chi connectivity index (χ0) is 54.1. The maximum atomic E-state index is 12.9. The first kappa shape index (κ1) is 71.4. The van der Waals surface area contributed by atoms with E-state index in [0.717, 1.165) is 96.3 Å². The van der Waals surface area contributed by atoms with Crippen molar-refractivity contribution in [2.75, 3.05) is 26.4 Å². The van der Waals surface area contributed by atoms with Crippen molar-refractivity contribution in [3.05, 3.63) is 48.6 Å². The number of aliphatic hydroxyl groups is 1. The number of phosphoric acid groups is 1. The highest BCUT2D eigenvalue weighted by Gasteiger charge is 2.28. The van der Waals surface area contributed by atoms with E-state index in [0.29, 0.717) is 19.3 Å². The molecule has 0 aromatic rings. The second-order valence-corrected chi connectivity index (χ2v) is 22.0. The highest BCUT2D eigenvalue weighted by atomic mass is 31.2.